The highest BCUT2D eigenvalue weighted by Gasteiger charge is 2.18. The van der Waals surface area contributed by atoms with E-state index in [1.165, 1.54) is 0 Å². The van der Waals surface area contributed by atoms with E-state index >= 15 is 0 Å². The number of nitrogens with zero attached hydrogens (tertiary/aromatic N) is 1. The molecule has 1 aliphatic heterocycles. The van der Waals surface area contributed by atoms with E-state index in [4.69, 9.17) is 9.47 Å². The molecule has 1 saturated heterocycles. The van der Waals surface area contributed by atoms with Crippen LogP contribution in [0.4, 0.5) is 0 Å². The van der Waals surface area contributed by atoms with Crippen LogP contribution in [0.25, 0.3) is 0 Å². The number of methoxy groups -OCH3 is 1. The summed E-state index contributed by atoms with van der Waals surface area (Å²) in [4.78, 5) is 2.45. The van der Waals surface area contributed by atoms with Crippen LogP contribution in [0.2, 0.25) is 0 Å². The zero-order valence-electron chi connectivity index (χ0n) is 10.1. The van der Waals surface area contributed by atoms with Crippen LogP contribution >= 0.6 is 0 Å². The van der Waals surface area contributed by atoms with Crippen LogP contribution in [0.5, 0.6) is 0 Å². The Labute approximate surface area is 88.4 Å². The van der Waals surface area contributed by atoms with Gasteiger partial charge >= 0.3 is 0 Å². The fraction of sp³-hybridized carbons (Fsp3) is 1.00. The highest BCUT2D eigenvalue weighted by Crippen LogP contribution is 2.07. The lowest BCUT2D eigenvalue weighted by atomic mass is 10.2. The molecule has 0 spiro atoms. The van der Waals surface area contributed by atoms with Gasteiger partial charge in [-0.25, -0.2) is 0 Å². The minimum Gasteiger partial charge on any atom is -0.383 e. The average Bonchev–Trinajstić information content (AvgIpc) is 2.30. The smallest absolute Gasteiger partial charge is 0.0617 e. The van der Waals surface area contributed by atoms with Crippen LogP contribution in [0.1, 0.15) is 27.2 Å². The van der Waals surface area contributed by atoms with Crippen molar-refractivity contribution in [3.8, 4) is 0 Å². The molecule has 14 heavy (non-hydrogen) atoms. The van der Waals surface area contributed by atoms with E-state index in [1.54, 1.807) is 7.11 Å². The standard InChI is InChI=1S/C9H19NO2.C2H6/c1-3-9(8-11-2)10-4-6-12-7-5-10;1-2/h9H,3-8H2,1-2H3;1-2H3. The lowest BCUT2D eigenvalue weighted by Gasteiger charge is -2.33. The predicted molar refractivity (Wildman–Crippen MR) is 59.7 cm³/mol. The summed E-state index contributed by atoms with van der Waals surface area (Å²) in [7, 11) is 1.77. The van der Waals surface area contributed by atoms with Gasteiger partial charge in [-0.2, -0.15) is 0 Å². The Bertz CT molecular complexity index is 111. The zero-order valence-corrected chi connectivity index (χ0v) is 10.1. The fourth-order valence-electron chi connectivity index (χ4n) is 1.62. The monoisotopic (exact) mass is 203 g/mol. The lowest BCUT2D eigenvalue weighted by Crippen LogP contribution is -2.45. The minimum atomic E-state index is 0.582. The van der Waals surface area contributed by atoms with Crippen molar-refractivity contribution in [3.63, 3.8) is 0 Å². The molecular formula is C11H25NO2. The van der Waals surface area contributed by atoms with E-state index in [0.29, 0.717) is 6.04 Å². The summed E-state index contributed by atoms with van der Waals surface area (Å²) in [5.41, 5.74) is 0. The van der Waals surface area contributed by atoms with E-state index in [9.17, 15) is 0 Å². The van der Waals surface area contributed by atoms with Crippen LogP contribution in [-0.2, 0) is 9.47 Å². The molecule has 1 heterocycles. The van der Waals surface area contributed by atoms with Gasteiger partial charge in [0.05, 0.1) is 19.8 Å². The van der Waals surface area contributed by atoms with Crippen LogP contribution in [-0.4, -0.2) is 51.0 Å². The highest BCUT2D eigenvalue weighted by atomic mass is 16.5. The second-order valence-electron chi connectivity index (χ2n) is 3.17. The Morgan fingerprint density at radius 2 is 1.86 bits per heavy atom. The molecule has 0 radical (unpaired) electrons. The van der Waals surface area contributed by atoms with Gasteiger partial charge < -0.3 is 9.47 Å². The average molecular weight is 203 g/mol. The first-order valence-corrected chi connectivity index (χ1v) is 5.69. The molecule has 86 valence electrons. The number of ether oxygens (including phenoxy) is 2. The van der Waals surface area contributed by atoms with Gasteiger partial charge in [0.25, 0.3) is 0 Å². The van der Waals surface area contributed by atoms with Gasteiger partial charge in [-0.05, 0) is 6.42 Å². The third-order valence-corrected chi connectivity index (χ3v) is 2.39. The SMILES string of the molecule is CC.CCC(COC)N1CCOCC1. The van der Waals surface area contributed by atoms with Crippen molar-refractivity contribution in [1.29, 1.82) is 0 Å². The molecule has 1 rings (SSSR count). The maximum absolute atomic E-state index is 5.29. The molecule has 0 saturated carbocycles. The molecule has 3 heteroatoms. The summed E-state index contributed by atoms with van der Waals surface area (Å²) in [6.45, 7) is 10.9. The Morgan fingerprint density at radius 1 is 1.29 bits per heavy atom. The first kappa shape index (κ1) is 13.9. The lowest BCUT2D eigenvalue weighted by molar-refractivity contribution is -0.00397. The first-order valence-electron chi connectivity index (χ1n) is 5.69. The molecule has 0 aromatic rings. The number of rotatable bonds is 4. The molecule has 0 aliphatic carbocycles. The largest absolute Gasteiger partial charge is 0.383 e. The van der Waals surface area contributed by atoms with Gasteiger partial charge in [0.15, 0.2) is 0 Å². The van der Waals surface area contributed by atoms with Crippen LogP contribution < -0.4 is 0 Å². The maximum atomic E-state index is 5.29. The molecule has 3 nitrogen and oxygen atoms in total. The number of morpholine rings is 1. The van der Waals surface area contributed by atoms with E-state index in [1.807, 2.05) is 13.8 Å². The van der Waals surface area contributed by atoms with Crippen LogP contribution in [0, 0.1) is 0 Å². The van der Waals surface area contributed by atoms with Crippen LogP contribution in [0.15, 0.2) is 0 Å². The molecule has 0 aromatic carbocycles. The Kier molecular flexibility index (Phi) is 9.35. The quantitative estimate of drug-likeness (QED) is 0.695. The summed E-state index contributed by atoms with van der Waals surface area (Å²) in [6.07, 6.45) is 1.16. The summed E-state index contributed by atoms with van der Waals surface area (Å²) in [6, 6.07) is 0.582. The van der Waals surface area contributed by atoms with Gasteiger partial charge in [0, 0.05) is 26.2 Å². The molecule has 1 aliphatic rings. The van der Waals surface area contributed by atoms with Gasteiger partial charge in [-0.3, -0.25) is 4.90 Å². The van der Waals surface area contributed by atoms with Crippen molar-refractivity contribution in [1.82, 2.24) is 4.90 Å². The summed E-state index contributed by atoms with van der Waals surface area (Å²) >= 11 is 0. The van der Waals surface area contributed by atoms with E-state index in [2.05, 4.69) is 11.8 Å². The van der Waals surface area contributed by atoms with Crippen molar-refractivity contribution >= 4 is 0 Å². The van der Waals surface area contributed by atoms with Crippen molar-refractivity contribution < 1.29 is 9.47 Å². The van der Waals surface area contributed by atoms with Crippen LogP contribution in [0.3, 0.4) is 0 Å². The van der Waals surface area contributed by atoms with Crippen molar-refractivity contribution in [3.05, 3.63) is 0 Å². The highest BCUT2D eigenvalue weighted by molar-refractivity contribution is 4.71. The Balaban J connectivity index is 0.000000791. The van der Waals surface area contributed by atoms with Crippen molar-refractivity contribution in [2.75, 3.05) is 40.0 Å². The summed E-state index contributed by atoms with van der Waals surface area (Å²) in [5, 5.41) is 0. The zero-order chi connectivity index (χ0) is 10.8. The third-order valence-electron chi connectivity index (χ3n) is 2.39. The van der Waals surface area contributed by atoms with Gasteiger partial charge in [0.2, 0.25) is 0 Å². The second kappa shape index (κ2) is 9.44. The summed E-state index contributed by atoms with van der Waals surface area (Å²) < 4.78 is 10.5. The molecular weight excluding hydrogens is 178 g/mol. The predicted octanol–water partition coefficient (Wildman–Crippen LogP) is 1.77. The second-order valence-corrected chi connectivity index (χ2v) is 3.17. The van der Waals surface area contributed by atoms with E-state index in [-0.39, 0.29) is 0 Å². The Morgan fingerprint density at radius 3 is 2.29 bits per heavy atom. The van der Waals surface area contributed by atoms with Gasteiger partial charge in [-0.15, -0.1) is 0 Å². The number of hydrogen-bond donors (Lipinski definition) is 0. The topological polar surface area (TPSA) is 21.7 Å². The van der Waals surface area contributed by atoms with E-state index in [0.717, 1.165) is 39.3 Å². The Hall–Kier alpha value is -0.120. The maximum Gasteiger partial charge on any atom is 0.0617 e. The van der Waals surface area contributed by atoms with Crippen molar-refractivity contribution in [2.24, 2.45) is 0 Å². The fourth-order valence-corrected chi connectivity index (χ4v) is 1.62. The summed E-state index contributed by atoms with van der Waals surface area (Å²) in [5.74, 6) is 0. The molecule has 0 N–H and O–H groups in total. The third kappa shape index (κ3) is 4.94. The molecule has 1 unspecified atom stereocenters. The molecule has 0 aromatic heterocycles. The van der Waals surface area contributed by atoms with Gasteiger partial charge in [-0.1, -0.05) is 20.8 Å². The normalized spacial score (nSPS) is 19.7. The molecule has 1 fully saturated rings. The van der Waals surface area contributed by atoms with E-state index < -0.39 is 0 Å². The minimum absolute atomic E-state index is 0.582. The first-order chi connectivity index (χ1) is 6.88. The van der Waals surface area contributed by atoms with Crippen molar-refractivity contribution in [2.45, 2.75) is 33.2 Å². The molecule has 0 bridgehead atoms. The molecule has 1 atom stereocenters. The number of hydrogen-bond acceptors (Lipinski definition) is 3. The van der Waals surface area contributed by atoms with Gasteiger partial charge in [0.1, 0.15) is 0 Å². The molecule has 0 amide bonds.